The number of esters is 1. The zero-order valence-corrected chi connectivity index (χ0v) is 8.01. The first-order valence-corrected chi connectivity index (χ1v) is 3.97. The van der Waals surface area contributed by atoms with Crippen LogP contribution in [0.15, 0.2) is 0 Å². The van der Waals surface area contributed by atoms with Crippen LogP contribution in [0.4, 0.5) is 0 Å². The summed E-state index contributed by atoms with van der Waals surface area (Å²) in [6, 6.07) is 0. The van der Waals surface area contributed by atoms with Gasteiger partial charge in [0.05, 0.1) is 13.0 Å². The molecule has 0 aromatic rings. The van der Waals surface area contributed by atoms with Gasteiger partial charge in [-0.05, 0) is 6.92 Å². The molecule has 0 aliphatic rings. The highest BCUT2D eigenvalue weighted by molar-refractivity contribution is 6.45. The highest BCUT2D eigenvalue weighted by atomic mass is 35.5. The molecule has 0 saturated carbocycles. The summed E-state index contributed by atoms with van der Waals surface area (Å²) in [4.78, 5) is 18.2. The van der Waals surface area contributed by atoms with Crippen molar-refractivity contribution in [2.24, 2.45) is 0 Å². The van der Waals surface area contributed by atoms with Gasteiger partial charge in [0.15, 0.2) is 0 Å². The van der Waals surface area contributed by atoms with Crippen LogP contribution in [0.3, 0.4) is 0 Å². The number of hydrogen-bond donors (Lipinski definition) is 1. The Balaban J connectivity index is 0. The molecule has 0 bridgehead atoms. The van der Waals surface area contributed by atoms with Gasteiger partial charge in [0.2, 0.25) is 0 Å². The number of carbonyl (C=O) groups is 2. The SMILES string of the molecule is CCOC(=O)CC(Cl)Cl.O=CO. The molecule has 4 nitrogen and oxygen atoms in total. The van der Waals surface area contributed by atoms with E-state index in [4.69, 9.17) is 33.1 Å². The van der Waals surface area contributed by atoms with Crippen molar-refractivity contribution < 1.29 is 19.4 Å². The van der Waals surface area contributed by atoms with Gasteiger partial charge in [-0.1, -0.05) is 0 Å². The zero-order chi connectivity index (χ0) is 9.98. The van der Waals surface area contributed by atoms with Gasteiger partial charge in [-0.3, -0.25) is 9.59 Å². The van der Waals surface area contributed by atoms with Crippen molar-refractivity contribution in [2.75, 3.05) is 6.61 Å². The lowest BCUT2D eigenvalue weighted by Crippen LogP contribution is -2.07. The molecule has 72 valence electrons. The van der Waals surface area contributed by atoms with E-state index in [0.717, 1.165) is 0 Å². The van der Waals surface area contributed by atoms with Crippen molar-refractivity contribution in [1.82, 2.24) is 0 Å². The average molecular weight is 217 g/mol. The maximum atomic E-state index is 10.5. The van der Waals surface area contributed by atoms with Gasteiger partial charge in [0.25, 0.3) is 6.47 Å². The van der Waals surface area contributed by atoms with Crippen LogP contribution in [0.1, 0.15) is 13.3 Å². The molecule has 0 rings (SSSR count). The monoisotopic (exact) mass is 216 g/mol. The fourth-order valence-corrected chi connectivity index (χ4v) is 0.598. The molecule has 12 heavy (non-hydrogen) atoms. The first-order valence-electron chi connectivity index (χ1n) is 3.10. The van der Waals surface area contributed by atoms with Crippen LogP contribution in [0.25, 0.3) is 0 Å². The molecule has 1 N–H and O–H groups in total. The number of alkyl halides is 2. The average Bonchev–Trinajstić information content (AvgIpc) is 1.87. The number of hydrogen-bond acceptors (Lipinski definition) is 3. The van der Waals surface area contributed by atoms with E-state index >= 15 is 0 Å². The minimum Gasteiger partial charge on any atom is -0.483 e. The Kier molecular flexibility index (Phi) is 12.3. The van der Waals surface area contributed by atoms with E-state index in [-0.39, 0.29) is 18.9 Å². The van der Waals surface area contributed by atoms with E-state index in [0.29, 0.717) is 6.61 Å². The largest absolute Gasteiger partial charge is 0.483 e. The van der Waals surface area contributed by atoms with Crippen molar-refractivity contribution in [3.05, 3.63) is 0 Å². The van der Waals surface area contributed by atoms with E-state index in [1.54, 1.807) is 6.92 Å². The fourth-order valence-electron chi connectivity index (χ4n) is 0.346. The topological polar surface area (TPSA) is 63.6 Å². The van der Waals surface area contributed by atoms with Crippen molar-refractivity contribution in [3.8, 4) is 0 Å². The molecule has 0 radical (unpaired) electrons. The second-order valence-electron chi connectivity index (χ2n) is 1.51. The molecule has 0 atom stereocenters. The standard InChI is InChI=1S/C5H8Cl2O2.CH2O2/c1-2-9-5(8)3-4(6)7;2-1-3/h4H,2-3H2,1H3;1H,(H,2,3). The summed E-state index contributed by atoms with van der Waals surface area (Å²) in [5.74, 6) is -0.354. The highest BCUT2D eigenvalue weighted by Crippen LogP contribution is 2.07. The van der Waals surface area contributed by atoms with Crippen LogP contribution < -0.4 is 0 Å². The lowest BCUT2D eigenvalue weighted by molar-refractivity contribution is -0.142. The van der Waals surface area contributed by atoms with Crippen molar-refractivity contribution >= 4 is 35.6 Å². The van der Waals surface area contributed by atoms with E-state index in [1.807, 2.05) is 0 Å². The summed E-state index contributed by atoms with van der Waals surface area (Å²) in [6.07, 6.45) is 0.0664. The van der Waals surface area contributed by atoms with Gasteiger partial charge in [-0.15, -0.1) is 23.2 Å². The van der Waals surface area contributed by atoms with Crippen LogP contribution in [0.2, 0.25) is 0 Å². The molecular weight excluding hydrogens is 207 g/mol. The minimum atomic E-state index is -0.649. The van der Waals surface area contributed by atoms with Crippen molar-refractivity contribution in [1.29, 1.82) is 0 Å². The Morgan fingerprint density at radius 1 is 1.67 bits per heavy atom. The van der Waals surface area contributed by atoms with Crippen LogP contribution in [0.5, 0.6) is 0 Å². The van der Waals surface area contributed by atoms with Crippen LogP contribution in [-0.2, 0) is 14.3 Å². The Labute approximate surface area is 80.4 Å². The number of carbonyl (C=O) groups excluding carboxylic acids is 1. The van der Waals surface area contributed by atoms with E-state index in [9.17, 15) is 4.79 Å². The molecule has 0 unspecified atom stereocenters. The van der Waals surface area contributed by atoms with E-state index in [2.05, 4.69) is 4.74 Å². The lowest BCUT2D eigenvalue weighted by atomic mass is 10.5. The van der Waals surface area contributed by atoms with E-state index < -0.39 is 4.84 Å². The quantitative estimate of drug-likeness (QED) is 0.441. The summed E-state index contributed by atoms with van der Waals surface area (Å²) in [5.41, 5.74) is 0. The van der Waals surface area contributed by atoms with Gasteiger partial charge in [-0.25, -0.2) is 0 Å². The van der Waals surface area contributed by atoms with E-state index in [1.165, 1.54) is 0 Å². The molecule has 0 aliphatic heterocycles. The summed E-state index contributed by atoms with van der Waals surface area (Å²) in [7, 11) is 0. The molecule has 0 heterocycles. The van der Waals surface area contributed by atoms with Gasteiger partial charge in [-0.2, -0.15) is 0 Å². The molecule has 0 aromatic carbocycles. The Morgan fingerprint density at radius 3 is 2.33 bits per heavy atom. The summed E-state index contributed by atoms with van der Waals surface area (Å²) in [5, 5.41) is 6.89. The number of ether oxygens (including phenoxy) is 1. The third-order valence-corrected chi connectivity index (χ3v) is 0.935. The summed E-state index contributed by atoms with van der Waals surface area (Å²) >= 11 is 10.5. The molecular formula is C6H10Cl2O4. The Morgan fingerprint density at radius 2 is 2.08 bits per heavy atom. The smallest absolute Gasteiger partial charge is 0.308 e. The number of carboxylic acid groups (broad SMARTS) is 1. The van der Waals surface area contributed by atoms with Crippen molar-refractivity contribution in [2.45, 2.75) is 18.2 Å². The molecule has 0 spiro atoms. The fraction of sp³-hybridized carbons (Fsp3) is 0.667. The highest BCUT2D eigenvalue weighted by Gasteiger charge is 2.06. The summed E-state index contributed by atoms with van der Waals surface area (Å²) < 4.78 is 4.54. The second-order valence-corrected chi connectivity index (χ2v) is 2.78. The first-order chi connectivity index (χ1) is 5.58. The van der Waals surface area contributed by atoms with Crippen LogP contribution in [-0.4, -0.2) is 29.0 Å². The Bertz CT molecular complexity index is 127. The maximum absolute atomic E-state index is 10.5. The normalized spacial score (nSPS) is 8.33. The Hall–Kier alpha value is -0.480. The third-order valence-electron chi connectivity index (χ3n) is 0.626. The van der Waals surface area contributed by atoms with Gasteiger partial charge in [0, 0.05) is 0 Å². The lowest BCUT2D eigenvalue weighted by Gasteiger charge is -1.99. The maximum Gasteiger partial charge on any atom is 0.308 e. The third kappa shape index (κ3) is 16.3. The van der Waals surface area contributed by atoms with Gasteiger partial charge in [0.1, 0.15) is 4.84 Å². The minimum absolute atomic E-state index is 0.0664. The van der Waals surface area contributed by atoms with Gasteiger partial charge >= 0.3 is 5.97 Å². The number of halogens is 2. The molecule has 0 aliphatic carbocycles. The first kappa shape index (κ1) is 14.1. The molecule has 0 aromatic heterocycles. The number of rotatable bonds is 3. The van der Waals surface area contributed by atoms with Gasteiger partial charge < -0.3 is 9.84 Å². The molecule has 0 fully saturated rings. The predicted octanol–water partition coefficient (Wildman–Crippen LogP) is 1.44. The molecule has 6 heteroatoms. The van der Waals surface area contributed by atoms with Crippen LogP contribution >= 0.6 is 23.2 Å². The molecule has 0 amide bonds. The molecule has 0 saturated heterocycles. The predicted molar refractivity (Wildman–Crippen MR) is 45.4 cm³/mol. The zero-order valence-electron chi connectivity index (χ0n) is 6.50. The van der Waals surface area contributed by atoms with Crippen LogP contribution in [0, 0.1) is 0 Å². The second kappa shape index (κ2) is 10.5. The van der Waals surface area contributed by atoms with Crippen molar-refractivity contribution in [3.63, 3.8) is 0 Å². The summed E-state index contributed by atoms with van der Waals surface area (Å²) in [6.45, 7) is 1.86.